The molecule has 1 atom stereocenters. The molecule has 1 unspecified atom stereocenters. The molecule has 0 aromatic heterocycles. The largest absolute Gasteiger partial charge is 0.385 e. The Kier molecular flexibility index (Phi) is 5.31. The van der Waals surface area contributed by atoms with E-state index in [1.165, 1.54) is 12.1 Å². The third-order valence-electron chi connectivity index (χ3n) is 2.30. The van der Waals surface area contributed by atoms with Crippen molar-refractivity contribution in [3.8, 4) is 0 Å². The number of hydrogen-bond acceptors (Lipinski definition) is 2. The van der Waals surface area contributed by atoms with Gasteiger partial charge in [0.15, 0.2) is 0 Å². The van der Waals surface area contributed by atoms with E-state index in [0.717, 1.165) is 0 Å². The van der Waals surface area contributed by atoms with Crippen LogP contribution in [-0.2, 0) is 11.2 Å². The highest BCUT2D eigenvalue weighted by molar-refractivity contribution is 9.10. The van der Waals surface area contributed by atoms with E-state index >= 15 is 0 Å². The first kappa shape index (κ1) is 13.5. The summed E-state index contributed by atoms with van der Waals surface area (Å²) in [5.74, 6) is -1.14. The van der Waals surface area contributed by atoms with Gasteiger partial charge in [0.1, 0.15) is 11.6 Å². The van der Waals surface area contributed by atoms with Gasteiger partial charge in [0, 0.05) is 25.3 Å². The van der Waals surface area contributed by atoms with Gasteiger partial charge in [-0.25, -0.2) is 8.78 Å². The molecule has 16 heavy (non-hydrogen) atoms. The smallest absolute Gasteiger partial charge is 0.143 e. The number of methoxy groups -OCH3 is 1. The zero-order chi connectivity index (χ0) is 12.1. The predicted molar refractivity (Wildman–Crippen MR) is 62.2 cm³/mol. The van der Waals surface area contributed by atoms with Gasteiger partial charge in [-0.2, -0.15) is 0 Å². The van der Waals surface area contributed by atoms with Gasteiger partial charge < -0.3 is 10.5 Å². The van der Waals surface area contributed by atoms with Crippen LogP contribution in [0.15, 0.2) is 16.6 Å². The van der Waals surface area contributed by atoms with Gasteiger partial charge in [-0.15, -0.1) is 0 Å². The van der Waals surface area contributed by atoms with Crippen molar-refractivity contribution in [2.24, 2.45) is 5.73 Å². The van der Waals surface area contributed by atoms with Gasteiger partial charge >= 0.3 is 0 Å². The topological polar surface area (TPSA) is 35.2 Å². The molecular weight excluding hydrogens is 280 g/mol. The molecule has 0 bridgehead atoms. The van der Waals surface area contributed by atoms with E-state index in [9.17, 15) is 8.78 Å². The van der Waals surface area contributed by atoms with E-state index < -0.39 is 11.6 Å². The maximum Gasteiger partial charge on any atom is 0.143 e. The summed E-state index contributed by atoms with van der Waals surface area (Å²) >= 11 is 3.02. The summed E-state index contributed by atoms with van der Waals surface area (Å²) in [4.78, 5) is 0. The number of rotatable bonds is 5. The molecule has 0 fully saturated rings. The molecule has 0 radical (unpaired) electrons. The van der Waals surface area contributed by atoms with Crippen molar-refractivity contribution in [1.82, 2.24) is 0 Å². The molecule has 0 aliphatic carbocycles. The number of nitrogens with two attached hydrogens (primary N) is 1. The fourth-order valence-corrected chi connectivity index (χ4v) is 1.76. The standard InChI is InChI=1S/C11H14BrF2NO/c1-16-5-4-7(15)6-8-10(13)3-2-9(12)11(8)14/h2-3,7H,4-6,15H2,1H3. The molecular formula is C11H14BrF2NO. The monoisotopic (exact) mass is 293 g/mol. The van der Waals surface area contributed by atoms with Crippen molar-refractivity contribution >= 4 is 15.9 Å². The summed E-state index contributed by atoms with van der Waals surface area (Å²) in [7, 11) is 1.56. The number of halogens is 3. The Hall–Kier alpha value is -0.520. The third-order valence-corrected chi connectivity index (χ3v) is 2.91. The second-order valence-electron chi connectivity index (χ2n) is 3.57. The molecule has 1 aromatic carbocycles. The Bertz CT molecular complexity index is 360. The van der Waals surface area contributed by atoms with Crippen LogP contribution in [0.1, 0.15) is 12.0 Å². The van der Waals surface area contributed by atoms with Crippen molar-refractivity contribution in [3.05, 3.63) is 33.8 Å². The maximum atomic E-state index is 13.6. The molecule has 90 valence electrons. The van der Waals surface area contributed by atoms with Crippen molar-refractivity contribution in [2.75, 3.05) is 13.7 Å². The quantitative estimate of drug-likeness (QED) is 0.847. The lowest BCUT2D eigenvalue weighted by molar-refractivity contribution is 0.187. The van der Waals surface area contributed by atoms with Gasteiger partial charge in [-0.05, 0) is 40.9 Å². The van der Waals surface area contributed by atoms with E-state index in [4.69, 9.17) is 10.5 Å². The van der Waals surface area contributed by atoms with Crippen LogP contribution in [-0.4, -0.2) is 19.8 Å². The number of hydrogen-bond donors (Lipinski definition) is 1. The molecule has 2 nitrogen and oxygen atoms in total. The molecule has 5 heteroatoms. The van der Waals surface area contributed by atoms with Crippen molar-refractivity contribution in [2.45, 2.75) is 18.9 Å². The lowest BCUT2D eigenvalue weighted by Crippen LogP contribution is -2.25. The third kappa shape index (κ3) is 3.50. The van der Waals surface area contributed by atoms with E-state index in [1.807, 2.05) is 0 Å². The molecule has 0 saturated heterocycles. The summed E-state index contributed by atoms with van der Waals surface area (Å²) < 4.78 is 32.0. The highest BCUT2D eigenvalue weighted by Gasteiger charge is 2.15. The average Bonchev–Trinajstić information content (AvgIpc) is 2.27. The van der Waals surface area contributed by atoms with Gasteiger partial charge in [-0.3, -0.25) is 0 Å². The zero-order valence-corrected chi connectivity index (χ0v) is 10.6. The lowest BCUT2D eigenvalue weighted by Gasteiger charge is -2.12. The zero-order valence-electron chi connectivity index (χ0n) is 8.97. The lowest BCUT2D eigenvalue weighted by atomic mass is 10.0. The highest BCUT2D eigenvalue weighted by Crippen LogP contribution is 2.22. The van der Waals surface area contributed by atoms with Gasteiger partial charge in [0.05, 0.1) is 4.47 Å². The fraction of sp³-hybridized carbons (Fsp3) is 0.455. The SMILES string of the molecule is COCCC(N)Cc1c(F)ccc(Br)c1F. The van der Waals surface area contributed by atoms with Crippen molar-refractivity contribution in [1.29, 1.82) is 0 Å². The molecule has 0 aliphatic rings. The Balaban J connectivity index is 2.76. The second-order valence-corrected chi connectivity index (χ2v) is 4.42. The second kappa shape index (κ2) is 6.27. The van der Waals surface area contributed by atoms with Crippen LogP contribution in [0.25, 0.3) is 0 Å². The van der Waals surface area contributed by atoms with Crippen LogP contribution in [0.4, 0.5) is 8.78 Å². The average molecular weight is 294 g/mol. The Morgan fingerprint density at radius 3 is 2.75 bits per heavy atom. The Morgan fingerprint density at radius 2 is 2.12 bits per heavy atom. The van der Waals surface area contributed by atoms with Crippen molar-refractivity contribution in [3.63, 3.8) is 0 Å². The molecule has 0 spiro atoms. The first-order valence-electron chi connectivity index (χ1n) is 4.93. The molecule has 0 heterocycles. The van der Waals surface area contributed by atoms with Crippen molar-refractivity contribution < 1.29 is 13.5 Å². The van der Waals surface area contributed by atoms with Crippen LogP contribution in [0, 0.1) is 11.6 Å². The first-order chi connectivity index (χ1) is 7.56. The summed E-state index contributed by atoms with van der Waals surface area (Å²) in [5.41, 5.74) is 5.78. The maximum absolute atomic E-state index is 13.6. The van der Waals surface area contributed by atoms with Gasteiger partial charge in [0.25, 0.3) is 0 Å². The Morgan fingerprint density at radius 1 is 1.44 bits per heavy atom. The van der Waals surface area contributed by atoms with E-state index in [2.05, 4.69) is 15.9 Å². The van der Waals surface area contributed by atoms with E-state index in [0.29, 0.717) is 13.0 Å². The van der Waals surface area contributed by atoms with Crippen LogP contribution >= 0.6 is 15.9 Å². The normalized spacial score (nSPS) is 12.8. The van der Waals surface area contributed by atoms with Crippen LogP contribution in [0.5, 0.6) is 0 Å². The molecule has 0 saturated carbocycles. The molecule has 0 aliphatic heterocycles. The van der Waals surface area contributed by atoms with E-state index in [1.54, 1.807) is 7.11 Å². The fourth-order valence-electron chi connectivity index (χ4n) is 1.39. The van der Waals surface area contributed by atoms with Crippen LogP contribution < -0.4 is 5.73 Å². The summed E-state index contributed by atoms with van der Waals surface area (Å²) in [6.45, 7) is 0.485. The summed E-state index contributed by atoms with van der Waals surface area (Å²) in [6.07, 6.45) is 0.738. The molecule has 1 aromatic rings. The highest BCUT2D eigenvalue weighted by atomic mass is 79.9. The minimum atomic E-state index is -0.576. The van der Waals surface area contributed by atoms with Crippen LogP contribution in [0.3, 0.4) is 0 Å². The summed E-state index contributed by atoms with van der Waals surface area (Å²) in [5, 5.41) is 0. The van der Waals surface area contributed by atoms with E-state index in [-0.39, 0.29) is 22.5 Å². The number of ether oxygens (including phenoxy) is 1. The van der Waals surface area contributed by atoms with Gasteiger partial charge in [-0.1, -0.05) is 0 Å². The van der Waals surface area contributed by atoms with Crippen LogP contribution in [0.2, 0.25) is 0 Å². The minimum Gasteiger partial charge on any atom is -0.385 e. The Labute approximate surface area is 102 Å². The summed E-state index contributed by atoms with van der Waals surface area (Å²) in [6, 6.07) is 2.26. The predicted octanol–water partition coefficient (Wildman–Crippen LogP) is 2.63. The van der Waals surface area contributed by atoms with Gasteiger partial charge in [0.2, 0.25) is 0 Å². The molecule has 0 amide bonds. The first-order valence-corrected chi connectivity index (χ1v) is 5.72. The number of benzene rings is 1. The minimum absolute atomic E-state index is 0.0259. The molecule has 1 rings (SSSR count). The molecule has 2 N–H and O–H groups in total.